The van der Waals surface area contributed by atoms with Crippen molar-refractivity contribution >= 4 is 23.2 Å². The maximum atomic E-state index is 14.4. The molecule has 1 aliphatic carbocycles. The number of amides is 1. The Balaban J connectivity index is 1.55. The molecule has 14 heteroatoms. The molecule has 2 heterocycles. The second-order valence-corrected chi connectivity index (χ2v) is 11.1. The molecule has 1 saturated carbocycles. The Hall–Kier alpha value is -3.51. The molecule has 43 heavy (non-hydrogen) atoms. The van der Waals surface area contributed by atoms with E-state index in [-0.39, 0.29) is 33.1 Å². The number of nitriles is 1. The van der Waals surface area contributed by atoms with Gasteiger partial charge in [-0.1, -0.05) is 16.8 Å². The highest BCUT2D eigenvalue weighted by Crippen LogP contribution is 2.37. The van der Waals surface area contributed by atoms with Crippen LogP contribution in [0.2, 0.25) is 5.02 Å². The SMILES string of the molecule is COC1C(C(=O)N(c2cc(Cl)cc(C#N)c2)[C@H]2CCC[C@@H]2O)OC(CO)C(O)C1n1cc(-c2cc(F)c(C)c(F)c2)nn1. The van der Waals surface area contributed by atoms with Crippen LogP contribution in [-0.4, -0.2) is 86.5 Å². The molecule has 5 rings (SSSR count). The molecule has 0 radical (unpaired) electrons. The first-order chi connectivity index (χ1) is 20.6. The molecule has 1 aromatic heterocycles. The van der Waals surface area contributed by atoms with E-state index in [1.54, 1.807) is 0 Å². The summed E-state index contributed by atoms with van der Waals surface area (Å²) >= 11 is 6.27. The highest BCUT2D eigenvalue weighted by molar-refractivity contribution is 6.31. The second kappa shape index (κ2) is 12.6. The summed E-state index contributed by atoms with van der Waals surface area (Å²) in [6, 6.07) is 6.80. The van der Waals surface area contributed by atoms with Crippen molar-refractivity contribution < 1.29 is 38.4 Å². The number of rotatable bonds is 7. The lowest BCUT2D eigenvalue weighted by Crippen LogP contribution is -2.62. The number of hydrogen-bond acceptors (Lipinski definition) is 9. The maximum Gasteiger partial charge on any atom is 0.259 e. The largest absolute Gasteiger partial charge is 0.394 e. The van der Waals surface area contributed by atoms with Crippen LogP contribution in [0.15, 0.2) is 36.5 Å². The number of anilines is 1. The van der Waals surface area contributed by atoms with Crippen molar-refractivity contribution in [2.75, 3.05) is 18.6 Å². The molecule has 1 aliphatic heterocycles. The van der Waals surface area contributed by atoms with E-state index in [1.807, 2.05) is 6.07 Å². The Bertz CT molecular complexity index is 1530. The number of carbonyl (C=O) groups is 1. The van der Waals surface area contributed by atoms with E-state index in [0.717, 1.165) is 12.1 Å². The average molecular weight is 618 g/mol. The molecule has 3 N–H and O–H groups in total. The van der Waals surface area contributed by atoms with Crippen molar-refractivity contribution in [2.45, 2.75) is 68.8 Å². The van der Waals surface area contributed by atoms with Crippen molar-refractivity contribution in [1.29, 1.82) is 5.26 Å². The Kier molecular flexibility index (Phi) is 9.07. The Morgan fingerprint density at radius 1 is 1.23 bits per heavy atom. The van der Waals surface area contributed by atoms with E-state index in [2.05, 4.69) is 10.3 Å². The number of hydrogen-bond donors (Lipinski definition) is 3. The lowest BCUT2D eigenvalue weighted by atomic mass is 9.91. The van der Waals surface area contributed by atoms with Gasteiger partial charge in [0.15, 0.2) is 6.10 Å². The third kappa shape index (κ3) is 5.86. The van der Waals surface area contributed by atoms with E-state index < -0.39 is 66.8 Å². The topological polar surface area (TPSA) is 154 Å². The Morgan fingerprint density at radius 2 is 1.95 bits per heavy atom. The van der Waals surface area contributed by atoms with E-state index in [1.165, 1.54) is 48.0 Å². The number of carbonyl (C=O) groups excluding carboxylic acids is 1. The quantitative estimate of drug-likeness (QED) is 0.363. The van der Waals surface area contributed by atoms with Crippen LogP contribution >= 0.6 is 11.6 Å². The molecule has 11 nitrogen and oxygen atoms in total. The smallest absolute Gasteiger partial charge is 0.259 e. The van der Waals surface area contributed by atoms with Gasteiger partial charge in [0.05, 0.1) is 36.6 Å². The maximum absolute atomic E-state index is 14.4. The van der Waals surface area contributed by atoms with Crippen molar-refractivity contribution in [3.63, 3.8) is 0 Å². The minimum absolute atomic E-state index is 0.0911. The van der Waals surface area contributed by atoms with Crippen LogP contribution in [0.3, 0.4) is 0 Å². The lowest BCUT2D eigenvalue weighted by Gasteiger charge is -2.45. The molecule has 0 bridgehead atoms. The van der Waals surface area contributed by atoms with Crippen LogP contribution in [0, 0.1) is 29.9 Å². The molecule has 1 amide bonds. The summed E-state index contributed by atoms with van der Waals surface area (Å²) in [5.74, 6) is -2.21. The van der Waals surface area contributed by atoms with Crippen LogP contribution < -0.4 is 4.90 Å². The molecule has 7 atom stereocenters. The van der Waals surface area contributed by atoms with Gasteiger partial charge in [-0.25, -0.2) is 13.5 Å². The van der Waals surface area contributed by atoms with Gasteiger partial charge in [-0.15, -0.1) is 5.10 Å². The van der Waals surface area contributed by atoms with Crippen LogP contribution in [0.25, 0.3) is 11.3 Å². The molecule has 1 saturated heterocycles. The lowest BCUT2D eigenvalue weighted by molar-refractivity contribution is -0.211. The van der Waals surface area contributed by atoms with Crippen molar-refractivity contribution in [1.82, 2.24) is 15.0 Å². The molecule has 228 valence electrons. The predicted octanol–water partition coefficient (Wildman–Crippen LogP) is 2.68. The molecule has 3 aromatic rings. The summed E-state index contributed by atoms with van der Waals surface area (Å²) in [5.41, 5.74) is 0.494. The van der Waals surface area contributed by atoms with E-state index in [4.69, 9.17) is 21.1 Å². The van der Waals surface area contributed by atoms with Crippen LogP contribution in [0.5, 0.6) is 0 Å². The van der Waals surface area contributed by atoms with E-state index >= 15 is 0 Å². The van der Waals surface area contributed by atoms with Gasteiger partial charge in [-0.3, -0.25) is 4.79 Å². The number of aromatic nitrogens is 3. The molecular formula is C29H30ClF2N5O6. The molecule has 2 aromatic carbocycles. The van der Waals surface area contributed by atoms with Gasteiger partial charge >= 0.3 is 0 Å². The number of ether oxygens (including phenoxy) is 2. The highest BCUT2D eigenvalue weighted by Gasteiger charge is 2.52. The van der Waals surface area contributed by atoms with Gasteiger partial charge in [-0.05, 0) is 56.5 Å². The highest BCUT2D eigenvalue weighted by atomic mass is 35.5. The van der Waals surface area contributed by atoms with Gasteiger partial charge < -0.3 is 29.7 Å². The summed E-state index contributed by atoms with van der Waals surface area (Å²) in [7, 11) is 1.30. The summed E-state index contributed by atoms with van der Waals surface area (Å²) in [4.78, 5) is 15.7. The standard InChI is InChI=1S/C29H30ClF2N5O6/c1-14-19(31)8-16(9-20(14)32)21-12-36(35-34-21)25-26(40)24(13-38)43-28(27(25)42-2)29(41)37(22-4-3-5-23(22)39)18-7-15(11-33)6-17(30)10-18/h6-10,12,22-28,38-40H,3-5,13H2,1-2H3/t22-,23-,24?,25?,26?,27?,28?/m0/s1. The molecular weight excluding hydrogens is 588 g/mol. The van der Waals surface area contributed by atoms with Crippen LogP contribution in [0.4, 0.5) is 14.5 Å². The third-order valence-corrected chi connectivity index (χ3v) is 8.30. The summed E-state index contributed by atoms with van der Waals surface area (Å²) < 4.78 is 41.4. The Morgan fingerprint density at radius 3 is 2.56 bits per heavy atom. The molecule has 5 unspecified atom stereocenters. The molecule has 2 fully saturated rings. The minimum Gasteiger partial charge on any atom is -0.394 e. The number of halogens is 3. The number of benzene rings is 2. The predicted molar refractivity (Wildman–Crippen MR) is 149 cm³/mol. The fraction of sp³-hybridized carbons (Fsp3) is 0.448. The van der Waals surface area contributed by atoms with Crippen molar-refractivity contribution in [3.05, 3.63) is 64.3 Å². The average Bonchev–Trinajstić information content (AvgIpc) is 3.64. The third-order valence-electron chi connectivity index (χ3n) is 8.08. The first-order valence-electron chi connectivity index (χ1n) is 13.6. The fourth-order valence-electron chi connectivity index (χ4n) is 5.83. The van der Waals surface area contributed by atoms with Crippen LogP contribution in [-0.2, 0) is 14.3 Å². The number of aliphatic hydroxyl groups is 3. The van der Waals surface area contributed by atoms with Gasteiger partial charge in [0, 0.05) is 28.9 Å². The zero-order valence-corrected chi connectivity index (χ0v) is 24.0. The monoisotopic (exact) mass is 617 g/mol. The number of nitrogens with zero attached hydrogens (tertiary/aromatic N) is 5. The summed E-state index contributed by atoms with van der Waals surface area (Å²) in [6.07, 6.45) is -3.33. The fourth-order valence-corrected chi connectivity index (χ4v) is 6.06. The first-order valence-corrected chi connectivity index (χ1v) is 14.0. The molecule has 0 spiro atoms. The zero-order valence-electron chi connectivity index (χ0n) is 23.3. The number of aliphatic hydroxyl groups excluding tert-OH is 3. The van der Waals surface area contributed by atoms with Crippen molar-refractivity contribution in [3.8, 4) is 17.3 Å². The summed E-state index contributed by atoms with van der Waals surface area (Å²) in [6.45, 7) is 0.632. The summed E-state index contributed by atoms with van der Waals surface area (Å²) in [5, 5.41) is 49.9. The van der Waals surface area contributed by atoms with E-state index in [0.29, 0.717) is 19.3 Å². The minimum atomic E-state index is -1.44. The van der Waals surface area contributed by atoms with Gasteiger partial charge in [0.2, 0.25) is 0 Å². The van der Waals surface area contributed by atoms with Gasteiger partial charge in [-0.2, -0.15) is 5.26 Å². The Labute approximate surface area is 250 Å². The second-order valence-electron chi connectivity index (χ2n) is 10.7. The normalized spacial score (nSPS) is 27.2. The van der Waals surface area contributed by atoms with Gasteiger partial charge in [0.25, 0.3) is 5.91 Å². The number of methoxy groups -OCH3 is 1. The first kappa shape index (κ1) is 30.9. The van der Waals surface area contributed by atoms with Gasteiger partial charge in [0.1, 0.15) is 41.7 Å². The van der Waals surface area contributed by atoms with Crippen LogP contribution in [0.1, 0.15) is 36.4 Å². The van der Waals surface area contributed by atoms with Crippen molar-refractivity contribution in [2.24, 2.45) is 0 Å². The molecule has 2 aliphatic rings. The zero-order chi connectivity index (χ0) is 31.0. The van der Waals surface area contributed by atoms with E-state index in [9.17, 15) is 34.2 Å².